The molecule has 0 fully saturated rings. The minimum atomic E-state index is 0.335. The van der Waals surface area contributed by atoms with Crippen LogP contribution in [0, 0.1) is 0 Å². The molecule has 0 atom stereocenters. The molecule has 0 rings (SSSR count). The maximum absolute atomic E-state index is 10.8. The third-order valence-corrected chi connectivity index (χ3v) is 3.27. The van der Waals surface area contributed by atoms with Crippen LogP contribution >= 0.6 is 0 Å². The molecule has 0 aliphatic heterocycles. The Balaban J connectivity index is 3.08. The number of carbonyl (C=O) groups is 1. The van der Waals surface area contributed by atoms with E-state index in [1.807, 2.05) is 0 Å². The van der Waals surface area contributed by atoms with E-state index >= 15 is 0 Å². The van der Waals surface area contributed by atoms with Crippen LogP contribution in [0.2, 0.25) is 0 Å². The van der Waals surface area contributed by atoms with Crippen molar-refractivity contribution in [2.45, 2.75) is 84.5 Å². The number of hydrogen-bond donors (Lipinski definition) is 0. The molecule has 0 amide bonds. The Labute approximate surface area is 120 Å². The molecule has 0 heterocycles. The third kappa shape index (κ3) is 17.1. The number of ketones is 1. The molecular formula is C18H32O. The summed E-state index contributed by atoms with van der Waals surface area (Å²) in [4.78, 5) is 10.8. The van der Waals surface area contributed by atoms with Crippen molar-refractivity contribution in [1.29, 1.82) is 0 Å². The zero-order valence-corrected chi connectivity index (χ0v) is 13.0. The quantitative estimate of drug-likeness (QED) is 0.294. The van der Waals surface area contributed by atoms with Crippen molar-refractivity contribution in [1.82, 2.24) is 0 Å². The van der Waals surface area contributed by atoms with Crippen LogP contribution in [0.4, 0.5) is 0 Å². The first kappa shape index (κ1) is 18.1. The minimum absolute atomic E-state index is 0.335. The maximum atomic E-state index is 10.8. The lowest BCUT2D eigenvalue weighted by atomic mass is 10.1. The van der Waals surface area contributed by atoms with Crippen molar-refractivity contribution in [3.05, 3.63) is 24.3 Å². The van der Waals surface area contributed by atoms with Crippen LogP contribution in [0.25, 0.3) is 0 Å². The fourth-order valence-corrected chi connectivity index (χ4v) is 2.09. The van der Waals surface area contributed by atoms with E-state index in [9.17, 15) is 4.79 Å². The monoisotopic (exact) mass is 264 g/mol. The van der Waals surface area contributed by atoms with Gasteiger partial charge in [-0.3, -0.25) is 0 Å². The van der Waals surface area contributed by atoms with Gasteiger partial charge in [-0.15, -0.1) is 0 Å². The fraction of sp³-hybridized carbons (Fsp3) is 0.722. The van der Waals surface area contributed by atoms with Crippen LogP contribution in [-0.2, 0) is 4.79 Å². The molecule has 19 heavy (non-hydrogen) atoms. The van der Waals surface area contributed by atoms with Gasteiger partial charge >= 0.3 is 0 Å². The normalized spacial score (nSPS) is 11.7. The molecule has 0 aromatic heterocycles. The highest BCUT2D eigenvalue weighted by Crippen LogP contribution is 2.10. The van der Waals surface area contributed by atoms with Crippen molar-refractivity contribution in [3.8, 4) is 0 Å². The highest BCUT2D eigenvalue weighted by atomic mass is 16.1. The summed E-state index contributed by atoms with van der Waals surface area (Å²) in [7, 11) is 0. The van der Waals surface area contributed by atoms with Gasteiger partial charge in [0.05, 0.1) is 0 Å². The molecule has 0 radical (unpaired) electrons. The SMILES string of the molecule is CC/C=C\C=C\CCCCCCCCCCC(C)=O. The largest absolute Gasteiger partial charge is 0.300 e. The van der Waals surface area contributed by atoms with Gasteiger partial charge in [0.15, 0.2) is 0 Å². The molecule has 0 aliphatic carbocycles. The van der Waals surface area contributed by atoms with E-state index < -0.39 is 0 Å². The number of unbranched alkanes of at least 4 members (excludes halogenated alkanes) is 8. The first-order valence-electron chi connectivity index (χ1n) is 8.08. The van der Waals surface area contributed by atoms with Crippen LogP contribution in [0.15, 0.2) is 24.3 Å². The summed E-state index contributed by atoms with van der Waals surface area (Å²) in [6, 6.07) is 0. The minimum Gasteiger partial charge on any atom is -0.300 e. The Morgan fingerprint density at radius 2 is 1.32 bits per heavy atom. The van der Waals surface area contributed by atoms with Crippen LogP contribution in [0.3, 0.4) is 0 Å². The van der Waals surface area contributed by atoms with Crippen molar-refractivity contribution < 1.29 is 4.79 Å². The lowest BCUT2D eigenvalue weighted by molar-refractivity contribution is -0.117. The van der Waals surface area contributed by atoms with E-state index in [0.717, 1.165) is 19.3 Å². The van der Waals surface area contributed by atoms with Gasteiger partial charge in [0.1, 0.15) is 5.78 Å². The van der Waals surface area contributed by atoms with Crippen LogP contribution in [-0.4, -0.2) is 5.78 Å². The molecule has 0 aromatic carbocycles. The standard InChI is InChI=1S/C18H32O/c1-3-4-5-6-7-8-9-10-11-12-13-14-15-16-17-18(2)19/h4-7H,3,8-17H2,1-2H3/b5-4-,7-6+. The summed E-state index contributed by atoms with van der Waals surface area (Å²) in [6.45, 7) is 3.84. The summed E-state index contributed by atoms with van der Waals surface area (Å²) in [5, 5.41) is 0. The Morgan fingerprint density at radius 3 is 1.89 bits per heavy atom. The smallest absolute Gasteiger partial charge is 0.129 e. The predicted octanol–water partition coefficient (Wildman–Crippen LogP) is 6.00. The van der Waals surface area contributed by atoms with Crippen LogP contribution in [0.5, 0.6) is 0 Å². The molecule has 0 aromatic rings. The highest BCUT2D eigenvalue weighted by molar-refractivity contribution is 5.75. The van der Waals surface area contributed by atoms with E-state index in [4.69, 9.17) is 0 Å². The molecule has 0 saturated heterocycles. The fourth-order valence-electron chi connectivity index (χ4n) is 2.09. The molecule has 0 aliphatic rings. The van der Waals surface area contributed by atoms with Gasteiger partial charge in [-0.05, 0) is 32.6 Å². The molecule has 0 unspecified atom stereocenters. The van der Waals surface area contributed by atoms with Crippen molar-refractivity contribution in [3.63, 3.8) is 0 Å². The summed E-state index contributed by atoms with van der Waals surface area (Å²) in [5.74, 6) is 0.335. The van der Waals surface area contributed by atoms with E-state index in [1.54, 1.807) is 6.92 Å². The number of rotatable bonds is 13. The van der Waals surface area contributed by atoms with Crippen molar-refractivity contribution in [2.24, 2.45) is 0 Å². The number of Topliss-reactive ketones (excluding diaryl/α,β-unsaturated/α-hetero) is 1. The lowest BCUT2D eigenvalue weighted by Gasteiger charge is -2.00. The first-order chi connectivity index (χ1) is 9.27. The van der Waals surface area contributed by atoms with Crippen LogP contribution < -0.4 is 0 Å². The highest BCUT2D eigenvalue weighted by Gasteiger charge is 1.94. The first-order valence-corrected chi connectivity index (χ1v) is 8.08. The van der Waals surface area contributed by atoms with E-state index in [2.05, 4.69) is 31.2 Å². The average Bonchev–Trinajstić information content (AvgIpc) is 2.39. The van der Waals surface area contributed by atoms with Gasteiger partial charge in [-0.25, -0.2) is 0 Å². The Hall–Kier alpha value is -0.850. The number of hydrogen-bond acceptors (Lipinski definition) is 1. The Kier molecular flexibility index (Phi) is 14.5. The summed E-state index contributed by atoms with van der Waals surface area (Å²) >= 11 is 0. The summed E-state index contributed by atoms with van der Waals surface area (Å²) in [6.07, 6.45) is 22.2. The topological polar surface area (TPSA) is 17.1 Å². The van der Waals surface area contributed by atoms with Crippen molar-refractivity contribution >= 4 is 5.78 Å². The maximum Gasteiger partial charge on any atom is 0.129 e. The Morgan fingerprint density at radius 1 is 0.789 bits per heavy atom. The van der Waals surface area contributed by atoms with Gasteiger partial charge in [-0.2, -0.15) is 0 Å². The molecular weight excluding hydrogens is 232 g/mol. The zero-order chi connectivity index (χ0) is 14.2. The lowest BCUT2D eigenvalue weighted by Crippen LogP contribution is -1.89. The van der Waals surface area contributed by atoms with Gasteiger partial charge < -0.3 is 4.79 Å². The molecule has 1 nitrogen and oxygen atoms in total. The zero-order valence-electron chi connectivity index (χ0n) is 13.0. The molecule has 0 saturated carbocycles. The number of allylic oxidation sites excluding steroid dienone is 4. The number of carbonyl (C=O) groups excluding carboxylic acids is 1. The molecule has 0 bridgehead atoms. The second-order valence-corrected chi connectivity index (χ2v) is 5.33. The second-order valence-electron chi connectivity index (χ2n) is 5.33. The summed E-state index contributed by atoms with van der Waals surface area (Å²) in [5.41, 5.74) is 0. The van der Waals surface area contributed by atoms with E-state index in [-0.39, 0.29) is 0 Å². The van der Waals surface area contributed by atoms with Gasteiger partial charge in [-0.1, -0.05) is 69.8 Å². The Bertz CT molecular complexity index is 250. The van der Waals surface area contributed by atoms with E-state index in [1.165, 1.54) is 51.4 Å². The molecule has 0 spiro atoms. The van der Waals surface area contributed by atoms with Gasteiger partial charge in [0, 0.05) is 6.42 Å². The second kappa shape index (κ2) is 15.2. The predicted molar refractivity (Wildman–Crippen MR) is 85.4 cm³/mol. The third-order valence-electron chi connectivity index (χ3n) is 3.27. The van der Waals surface area contributed by atoms with Gasteiger partial charge in [0.25, 0.3) is 0 Å². The van der Waals surface area contributed by atoms with Crippen LogP contribution in [0.1, 0.15) is 84.5 Å². The molecule has 0 N–H and O–H groups in total. The molecule has 110 valence electrons. The van der Waals surface area contributed by atoms with Gasteiger partial charge in [0.2, 0.25) is 0 Å². The van der Waals surface area contributed by atoms with E-state index in [0.29, 0.717) is 5.78 Å². The summed E-state index contributed by atoms with van der Waals surface area (Å²) < 4.78 is 0. The van der Waals surface area contributed by atoms with Crippen molar-refractivity contribution in [2.75, 3.05) is 0 Å². The molecule has 1 heteroatoms. The average molecular weight is 264 g/mol.